The number of carbonyl (C=O) groups excluding carboxylic acids is 1. The molecule has 0 spiro atoms. The second-order valence-corrected chi connectivity index (χ2v) is 7.57. The Hall–Kier alpha value is -2.50. The minimum absolute atomic E-state index is 0.270. The molecule has 5 heteroatoms. The van der Waals surface area contributed by atoms with Crippen LogP contribution in [0, 0.1) is 0 Å². The van der Waals surface area contributed by atoms with Gasteiger partial charge < -0.3 is 14.8 Å². The monoisotopic (exact) mass is 408 g/mol. The summed E-state index contributed by atoms with van der Waals surface area (Å²) in [6.07, 6.45) is 2.09. The predicted octanol–water partition coefficient (Wildman–Crippen LogP) is 1.93. The maximum Gasteiger partial charge on any atom is 0.106 e. The standard InChI is InChI=1S/C21H17BrN2O2/c1-24-11-14(10-13-6-8-15(22)9-7-13)20-17(12-24)19(21(25)26)16-4-2-3-5-18(16)23-20/h2-10H,11-12H2,1H3,(H,25,26)/b14-10+. The summed E-state index contributed by atoms with van der Waals surface area (Å²) in [6.45, 7) is 1.41. The van der Waals surface area contributed by atoms with Crippen LogP contribution in [0.4, 0.5) is 0 Å². The largest absolute Gasteiger partial charge is 0.545 e. The van der Waals surface area contributed by atoms with Gasteiger partial charge in [0.25, 0.3) is 0 Å². The molecule has 0 bridgehead atoms. The lowest BCUT2D eigenvalue weighted by Gasteiger charge is -2.27. The van der Waals surface area contributed by atoms with Gasteiger partial charge in [0.05, 0.1) is 24.2 Å². The van der Waals surface area contributed by atoms with E-state index in [0.29, 0.717) is 17.4 Å². The zero-order chi connectivity index (χ0) is 18.3. The number of likely N-dealkylation sites (N-methyl/N-ethyl adjacent to an activating group) is 1. The number of aromatic nitrogens is 1. The first-order valence-corrected chi connectivity index (χ1v) is 9.23. The summed E-state index contributed by atoms with van der Waals surface area (Å²) in [5, 5.41) is 12.6. The van der Waals surface area contributed by atoms with Crippen molar-refractivity contribution in [3.8, 4) is 0 Å². The van der Waals surface area contributed by atoms with E-state index in [1.165, 1.54) is 4.90 Å². The Labute approximate surface area is 159 Å². The van der Waals surface area contributed by atoms with Gasteiger partial charge in [-0.05, 0) is 29.8 Å². The van der Waals surface area contributed by atoms with Crippen molar-refractivity contribution >= 4 is 44.5 Å². The maximum absolute atomic E-state index is 11.9. The van der Waals surface area contributed by atoms with E-state index >= 15 is 0 Å². The Kier molecular flexibility index (Phi) is 4.34. The van der Waals surface area contributed by atoms with Crippen molar-refractivity contribution < 1.29 is 14.8 Å². The van der Waals surface area contributed by atoms with Crippen molar-refractivity contribution in [2.24, 2.45) is 0 Å². The van der Waals surface area contributed by atoms with Crippen molar-refractivity contribution in [2.75, 3.05) is 13.6 Å². The summed E-state index contributed by atoms with van der Waals surface area (Å²) in [5.41, 5.74) is 4.60. The molecule has 1 aromatic heterocycles. The number of pyridine rings is 1. The van der Waals surface area contributed by atoms with E-state index in [4.69, 9.17) is 4.98 Å². The molecule has 0 aliphatic carbocycles. The van der Waals surface area contributed by atoms with Crippen molar-refractivity contribution in [1.82, 2.24) is 4.98 Å². The van der Waals surface area contributed by atoms with Gasteiger partial charge in [-0.3, -0.25) is 0 Å². The second kappa shape index (κ2) is 6.67. The van der Waals surface area contributed by atoms with Crippen LogP contribution in [0.25, 0.3) is 22.6 Å². The average molecular weight is 409 g/mol. The van der Waals surface area contributed by atoms with E-state index in [1.807, 2.05) is 42.5 Å². The van der Waals surface area contributed by atoms with Crippen molar-refractivity contribution in [2.45, 2.75) is 6.54 Å². The smallest absolute Gasteiger partial charge is 0.106 e. The SMILES string of the molecule is C[NH+]1C/C(=C\c2ccc(Br)cc2)c2nc3ccccc3c(C(=O)[O-])c2C1. The molecule has 4 nitrogen and oxygen atoms in total. The number of aromatic carboxylic acids is 1. The Morgan fingerprint density at radius 1 is 1.15 bits per heavy atom. The van der Waals surface area contributed by atoms with Crippen LogP contribution in [-0.4, -0.2) is 24.5 Å². The molecule has 4 rings (SSSR count). The minimum atomic E-state index is -1.14. The quantitative estimate of drug-likeness (QED) is 0.704. The first-order valence-electron chi connectivity index (χ1n) is 8.43. The zero-order valence-electron chi connectivity index (χ0n) is 14.3. The Bertz CT molecular complexity index is 1040. The Morgan fingerprint density at radius 3 is 2.62 bits per heavy atom. The lowest BCUT2D eigenvalue weighted by atomic mass is 9.92. The summed E-state index contributed by atoms with van der Waals surface area (Å²) >= 11 is 3.45. The molecule has 26 heavy (non-hydrogen) atoms. The number of nitrogens with one attached hydrogen (secondary N) is 1. The number of quaternary nitrogens is 1. The number of fused-ring (bicyclic) bond motifs is 2. The number of carbonyl (C=O) groups is 1. The fourth-order valence-electron chi connectivity index (χ4n) is 3.58. The number of rotatable bonds is 2. The van der Waals surface area contributed by atoms with Crippen LogP contribution in [0.5, 0.6) is 0 Å². The molecule has 0 saturated carbocycles. The second-order valence-electron chi connectivity index (χ2n) is 6.65. The highest BCUT2D eigenvalue weighted by molar-refractivity contribution is 9.10. The van der Waals surface area contributed by atoms with Gasteiger partial charge in [-0.15, -0.1) is 0 Å². The molecule has 2 aromatic carbocycles. The molecule has 0 radical (unpaired) electrons. The van der Waals surface area contributed by atoms with E-state index < -0.39 is 5.97 Å². The highest BCUT2D eigenvalue weighted by Gasteiger charge is 2.27. The number of hydrogen-bond donors (Lipinski definition) is 1. The summed E-state index contributed by atoms with van der Waals surface area (Å²) in [4.78, 5) is 18.0. The van der Waals surface area contributed by atoms with E-state index in [2.05, 4.69) is 29.1 Å². The molecular weight excluding hydrogens is 392 g/mol. The molecule has 1 aliphatic heterocycles. The fraction of sp³-hybridized carbons (Fsp3) is 0.143. The number of benzene rings is 2. The molecule has 1 unspecified atom stereocenters. The third-order valence-electron chi connectivity index (χ3n) is 4.68. The van der Waals surface area contributed by atoms with Crippen LogP contribution in [0.1, 0.15) is 27.2 Å². The third kappa shape index (κ3) is 3.04. The normalized spacial score (nSPS) is 18.1. The Balaban J connectivity index is 1.97. The highest BCUT2D eigenvalue weighted by Crippen LogP contribution is 2.29. The number of carboxylic acid groups (broad SMARTS) is 1. The first-order chi connectivity index (χ1) is 12.5. The molecule has 0 saturated heterocycles. The molecule has 2 heterocycles. The molecule has 1 atom stereocenters. The van der Waals surface area contributed by atoms with Gasteiger partial charge in [0, 0.05) is 26.6 Å². The van der Waals surface area contributed by atoms with Crippen LogP contribution >= 0.6 is 15.9 Å². The van der Waals surface area contributed by atoms with Crippen LogP contribution in [0.2, 0.25) is 0 Å². The molecular formula is C21H17BrN2O2. The topological polar surface area (TPSA) is 57.5 Å². The first kappa shape index (κ1) is 16.9. The van der Waals surface area contributed by atoms with E-state index in [1.54, 1.807) is 6.07 Å². The van der Waals surface area contributed by atoms with Crippen LogP contribution in [0.15, 0.2) is 53.0 Å². The minimum Gasteiger partial charge on any atom is -0.545 e. The Morgan fingerprint density at radius 2 is 1.88 bits per heavy atom. The highest BCUT2D eigenvalue weighted by atomic mass is 79.9. The van der Waals surface area contributed by atoms with Gasteiger partial charge in [-0.25, -0.2) is 4.98 Å². The van der Waals surface area contributed by atoms with Crippen molar-refractivity contribution in [3.63, 3.8) is 0 Å². The van der Waals surface area contributed by atoms with Crippen LogP contribution in [0.3, 0.4) is 0 Å². The number of halogens is 1. The third-order valence-corrected chi connectivity index (χ3v) is 5.21. The predicted molar refractivity (Wildman–Crippen MR) is 104 cm³/mol. The number of para-hydroxylation sites is 1. The molecule has 0 amide bonds. The summed E-state index contributed by atoms with van der Waals surface area (Å²) in [6, 6.07) is 15.4. The molecule has 3 aromatic rings. The van der Waals surface area contributed by atoms with Crippen LogP contribution in [-0.2, 0) is 6.54 Å². The number of nitrogens with zero attached hydrogens (tertiary/aromatic N) is 1. The molecule has 130 valence electrons. The van der Waals surface area contributed by atoms with Gasteiger partial charge in [-0.1, -0.05) is 46.3 Å². The zero-order valence-corrected chi connectivity index (χ0v) is 15.8. The van der Waals surface area contributed by atoms with Gasteiger partial charge >= 0.3 is 0 Å². The van der Waals surface area contributed by atoms with E-state index in [0.717, 1.165) is 33.4 Å². The van der Waals surface area contributed by atoms with Crippen molar-refractivity contribution in [3.05, 3.63) is 75.4 Å². The lowest BCUT2D eigenvalue weighted by Crippen LogP contribution is -3.08. The number of hydrogen-bond acceptors (Lipinski definition) is 3. The van der Waals surface area contributed by atoms with E-state index in [9.17, 15) is 9.90 Å². The fourth-order valence-corrected chi connectivity index (χ4v) is 3.84. The molecule has 1 aliphatic rings. The summed E-state index contributed by atoms with van der Waals surface area (Å²) < 4.78 is 1.02. The lowest BCUT2D eigenvalue weighted by molar-refractivity contribution is -0.887. The van der Waals surface area contributed by atoms with Gasteiger partial charge in [-0.2, -0.15) is 0 Å². The van der Waals surface area contributed by atoms with Crippen LogP contribution < -0.4 is 10.0 Å². The van der Waals surface area contributed by atoms with Crippen molar-refractivity contribution in [1.29, 1.82) is 0 Å². The average Bonchev–Trinajstić information content (AvgIpc) is 2.61. The molecule has 0 fully saturated rings. The number of carboxylic acids is 1. The van der Waals surface area contributed by atoms with E-state index in [-0.39, 0.29) is 5.56 Å². The maximum atomic E-state index is 11.9. The summed E-state index contributed by atoms with van der Waals surface area (Å²) in [5.74, 6) is -1.14. The summed E-state index contributed by atoms with van der Waals surface area (Å²) in [7, 11) is 2.06. The molecule has 1 N–H and O–H groups in total. The van der Waals surface area contributed by atoms with Gasteiger partial charge in [0.15, 0.2) is 0 Å². The van der Waals surface area contributed by atoms with Gasteiger partial charge in [0.2, 0.25) is 0 Å². The van der Waals surface area contributed by atoms with Gasteiger partial charge in [0.1, 0.15) is 13.1 Å².